The van der Waals surface area contributed by atoms with Gasteiger partial charge in [0.1, 0.15) is 4.83 Å². The zero-order valence-electron chi connectivity index (χ0n) is 10.1. The van der Waals surface area contributed by atoms with Gasteiger partial charge in [-0.1, -0.05) is 19.3 Å². The number of rotatable bonds is 3. The van der Waals surface area contributed by atoms with Crippen LogP contribution < -0.4 is 4.74 Å². The molecule has 0 atom stereocenters. The minimum Gasteiger partial charge on any atom is -0.477 e. The van der Waals surface area contributed by atoms with Gasteiger partial charge in [0.25, 0.3) is 0 Å². The molecule has 0 N–H and O–H groups in total. The average Bonchev–Trinajstić information content (AvgIpc) is 2.85. The van der Waals surface area contributed by atoms with Crippen LogP contribution in [0.25, 0.3) is 10.2 Å². The van der Waals surface area contributed by atoms with Crippen LogP contribution >= 0.6 is 22.9 Å². The highest BCUT2D eigenvalue weighted by molar-refractivity contribution is 7.16. The van der Waals surface area contributed by atoms with Gasteiger partial charge in [-0.15, -0.1) is 11.3 Å². The molecule has 0 aromatic carbocycles. The van der Waals surface area contributed by atoms with Crippen molar-refractivity contribution >= 4 is 33.2 Å². The molecule has 2 heterocycles. The SMILES string of the molecule is Clc1nc(OCC2CCCCC2)c2ccsc2n1. The van der Waals surface area contributed by atoms with Crippen molar-refractivity contribution in [2.45, 2.75) is 32.1 Å². The molecule has 0 bridgehead atoms. The lowest BCUT2D eigenvalue weighted by Gasteiger charge is -2.21. The van der Waals surface area contributed by atoms with E-state index in [0.29, 0.717) is 11.8 Å². The molecule has 96 valence electrons. The first-order valence-electron chi connectivity index (χ1n) is 6.36. The average molecular weight is 283 g/mol. The van der Waals surface area contributed by atoms with E-state index >= 15 is 0 Å². The van der Waals surface area contributed by atoms with Gasteiger partial charge < -0.3 is 4.74 Å². The summed E-state index contributed by atoms with van der Waals surface area (Å²) in [4.78, 5) is 9.28. The van der Waals surface area contributed by atoms with Gasteiger partial charge in [-0.2, -0.15) is 4.98 Å². The summed E-state index contributed by atoms with van der Waals surface area (Å²) in [6.07, 6.45) is 6.56. The summed E-state index contributed by atoms with van der Waals surface area (Å²) in [6.45, 7) is 0.748. The van der Waals surface area contributed by atoms with Crippen molar-refractivity contribution in [2.75, 3.05) is 6.61 Å². The maximum atomic E-state index is 5.91. The van der Waals surface area contributed by atoms with E-state index < -0.39 is 0 Å². The number of hydrogen-bond donors (Lipinski definition) is 0. The molecule has 3 rings (SSSR count). The highest BCUT2D eigenvalue weighted by Gasteiger charge is 2.16. The van der Waals surface area contributed by atoms with Crippen LogP contribution in [-0.4, -0.2) is 16.6 Å². The Hall–Kier alpha value is -0.870. The fourth-order valence-electron chi connectivity index (χ4n) is 2.46. The lowest BCUT2D eigenvalue weighted by atomic mass is 9.90. The minimum absolute atomic E-state index is 0.267. The molecule has 3 nitrogen and oxygen atoms in total. The highest BCUT2D eigenvalue weighted by atomic mass is 35.5. The molecule has 0 aliphatic heterocycles. The summed E-state index contributed by atoms with van der Waals surface area (Å²) in [7, 11) is 0. The van der Waals surface area contributed by atoms with Crippen molar-refractivity contribution < 1.29 is 4.74 Å². The lowest BCUT2D eigenvalue weighted by Crippen LogP contribution is -2.15. The summed E-state index contributed by atoms with van der Waals surface area (Å²) in [6, 6.07) is 1.99. The van der Waals surface area contributed by atoms with Crippen LogP contribution in [0.2, 0.25) is 5.28 Å². The largest absolute Gasteiger partial charge is 0.477 e. The second-order valence-electron chi connectivity index (χ2n) is 4.75. The molecule has 1 fully saturated rings. The number of nitrogens with zero attached hydrogens (tertiary/aromatic N) is 2. The standard InChI is InChI=1S/C13H15ClN2OS/c14-13-15-11(10-6-7-18-12(10)16-13)17-8-9-4-2-1-3-5-9/h6-7,9H,1-5,8H2. The van der Waals surface area contributed by atoms with Gasteiger partial charge in [0.15, 0.2) is 0 Å². The molecule has 0 unspecified atom stereocenters. The van der Waals surface area contributed by atoms with E-state index in [4.69, 9.17) is 16.3 Å². The van der Waals surface area contributed by atoms with Crippen LogP contribution in [0, 0.1) is 5.92 Å². The maximum absolute atomic E-state index is 5.91. The predicted molar refractivity (Wildman–Crippen MR) is 74.5 cm³/mol. The first kappa shape index (κ1) is 12.2. The molecule has 2 aromatic rings. The first-order chi connectivity index (χ1) is 8.83. The van der Waals surface area contributed by atoms with Crippen LogP contribution in [0.4, 0.5) is 0 Å². The second-order valence-corrected chi connectivity index (χ2v) is 5.98. The van der Waals surface area contributed by atoms with Gasteiger partial charge in [0, 0.05) is 0 Å². The summed E-state index contributed by atoms with van der Waals surface area (Å²) in [5.74, 6) is 1.30. The van der Waals surface area contributed by atoms with Crippen LogP contribution in [0.1, 0.15) is 32.1 Å². The molecule has 0 saturated heterocycles. The van der Waals surface area contributed by atoms with E-state index in [1.165, 1.54) is 32.1 Å². The van der Waals surface area contributed by atoms with E-state index in [-0.39, 0.29) is 5.28 Å². The van der Waals surface area contributed by atoms with Gasteiger partial charge in [0.05, 0.1) is 12.0 Å². The molecular weight excluding hydrogens is 268 g/mol. The molecule has 0 radical (unpaired) electrons. The maximum Gasteiger partial charge on any atom is 0.227 e. The van der Waals surface area contributed by atoms with Crippen LogP contribution in [0.5, 0.6) is 5.88 Å². The van der Waals surface area contributed by atoms with Crippen molar-refractivity contribution in [3.05, 3.63) is 16.7 Å². The van der Waals surface area contributed by atoms with E-state index in [1.807, 2.05) is 11.4 Å². The molecule has 1 saturated carbocycles. The number of thiophene rings is 1. The second kappa shape index (κ2) is 5.41. The number of fused-ring (bicyclic) bond motifs is 1. The monoisotopic (exact) mass is 282 g/mol. The molecule has 1 aliphatic rings. The smallest absolute Gasteiger partial charge is 0.227 e. The van der Waals surface area contributed by atoms with Crippen molar-refractivity contribution in [3.63, 3.8) is 0 Å². The molecule has 0 spiro atoms. The van der Waals surface area contributed by atoms with Gasteiger partial charge >= 0.3 is 0 Å². The van der Waals surface area contributed by atoms with Crippen molar-refractivity contribution in [3.8, 4) is 5.88 Å². The zero-order chi connectivity index (χ0) is 12.4. The van der Waals surface area contributed by atoms with Crippen molar-refractivity contribution in [1.29, 1.82) is 0 Å². The van der Waals surface area contributed by atoms with Crippen LogP contribution in [0.3, 0.4) is 0 Å². The predicted octanol–water partition coefficient (Wildman–Crippen LogP) is 4.30. The Morgan fingerprint density at radius 1 is 1.28 bits per heavy atom. The van der Waals surface area contributed by atoms with E-state index in [2.05, 4.69) is 9.97 Å². The van der Waals surface area contributed by atoms with E-state index in [9.17, 15) is 0 Å². The highest BCUT2D eigenvalue weighted by Crippen LogP contribution is 2.30. The summed E-state index contributed by atoms with van der Waals surface area (Å²) in [5, 5.41) is 3.23. The number of ether oxygens (including phenoxy) is 1. The third-order valence-electron chi connectivity index (χ3n) is 3.44. The number of aromatic nitrogens is 2. The van der Waals surface area contributed by atoms with Crippen LogP contribution in [-0.2, 0) is 0 Å². The van der Waals surface area contributed by atoms with E-state index in [1.54, 1.807) is 11.3 Å². The Labute approximate surface area is 115 Å². The molecule has 2 aromatic heterocycles. The Bertz CT molecular complexity index is 537. The number of halogens is 1. The normalized spacial score (nSPS) is 17.2. The van der Waals surface area contributed by atoms with Crippen molar-refractivity contribution in [2.24, 2.45) is 5.92 Å². The van der Waals surface area contributed by atoms with Gasteiger partial charge in [0.2, 0.25) is 11.2 Å². The third kappa shape index (κ3) is 2.59. The molecule has 5 heteroatoms. The van der Waals surface area contributed by atoms with Gasteiger partial charge in [-0.05, 0) is 41.8 Å². The van der Waals surface area contributed by atoms with Crippen molar-refractivity contribution in [1.82, 2.24) is 9.97 Å². The number of hydrogen-bond acceptors (Lipinski definition) is 4. The molecular formula is C13H15ClN2OS. The minimum atomic E-state index is 0.267. The lowest BCUT2D eigenvalue weighted by molar-refractivity contribution is 0.205. The molecule has 0 amide bonds. The van der Waals surface area contributed by atoms with Gasteiger partial charge in [-0.3, -0.25) is 0 Å². The third-order valence-corrected chi connectivity index (χ3v) is 4.42. The Balaban J connectivity index is 1.75. The van der Waals surface area contributed by atoms with Gasteiger partial charge in [-0.25, -0.2) is 4.98 Å². The summed E-state index contributed by atoms with van der Waals surface area (Å²) >= 11 is 7.47. The van der Waals surface area contributed by atoms with Crippen LogP contribution in [0.15, 0.2) is 11.4 Å². The van der Waals surface area contributed by atoms with E-state index in [0.717, 1.165) is 16.8 Å². The summed E-state index contributed by atoms with van der Waals surface area (Å²) < 4.78 is 5.87. The quantitative estimate of drug-likeness (QED) is 0.787. The molecule has 1 aliphatic carbocycles. The zero-order valence-corrected chi connectivity index (χ0v) is 11.6. The topological polar surface area (TPSA) is 35.0 Å². The Morgan fingerprint density at radius 3 is 2.94 bits per heavy atom. The summed E-state index contributed by atoms with van der Waals surface area (Å²) in [5.41, 5.74) is 0. The fraction of sp³-hybridized carbons (Fsp3) is 0.538. The Morgan fingerprint density at radius 2 is 2.11 bits per heavy atom. The molecule has 18 heavy (non-hydrogen) atoms. The fourth-order valence-corrected chi connectivity index (χ4v) is 3.43. The Kier molecular flexibility index (Phi) is 3.66. The first-order valence-corrected chi connectivity index (χ1v) is 7.62.